The Kier molecular flexibility index (Phi) is 4.36. The summed E-state index contributed by atoms with van der Waals surface area (Å²) in [6.45, 7) is 1.18. The first-order chi connectivity index (χ1) is 15.7. The topological polar surface area (TPSA) is 87.5 Å². The molecule has 1 saturated heterocycles. The summed E-state index contributed by atoms with van der Waals surface area (Å²) >= 11 is 0. The molecule has 32 heavy (non-hydrogen) atoms. The molecule has 0 aliphatic carbocycles. The van der Waals surface area contributed by atoms with Crippen LogP contribution in [0.2, 0.25) is 0 Å². The Morgan fingerprint density at radius 2 is 1.91 bits per heavy atom. The summed E-state index contributed by atoms with van der Waals surface area (Å²) in [5, 5.41) is 4.03. The van der Waals surface area contributed by atoms with Gasteiger partial charge in [-0.05, 0) is 49.2 Å². The number of rotatable bonds is 4. The van der Waals surface area contributed by atoms with Crippen LogP contribution in [0.4, 0.5) is 4.39 Å². The lowest BCUT2D eigenvalue weighted by molar-refractivity contribution is 0.0973. The van der Waals surface area contributed by atoms with Gasteiger partial charge in [-0.3, -0.25) is 9.20 Å². The Morgan fingerprint density at radius 3 is 2.69 bits per heavy atom. The molecule has 6 rings (SSSR count). The summed E-state index contributed by atoms with van der Waals surface area (Å²) in [4.78, 5) is 22.5. The molecule has 0 saturated carbocycles. The van der Waals surface area contributed by atoms with E-state index >= 15 is 0 Å². The molecule has 0 spiro atoms. The first-order valence-electron chi connectivity index (χ1n) is 10.4. The number of benzene rings is 2. The highest BCUT2D eigenvalue weighted by molar-refractivity contribution is 5.83. The molecule has 0 N–H and O–H groups in total. The largest absolute Gasteiger partial charge is 0.376 e. The number of para-hydroxylation sites is 2. The van der Waals surface area contributed by atoms with Crippen molar-refractivity contribution >= 4 is 16.6 Å². The van der Waals surface area contributed by atoms with Crippen molar-refractivity contribution in [2.45, 2.75) is 25.5 Å². The molecule has 1 aliphatic heterocycles. The van der Waals surface area contributed by atoms with Gasteiger partial charge in [0, 0.05) is 12.2 Å². The number of halogens is 1. The number of hydrogen-bond acceptors (Lipinski definition) is 6. The maximum Gasteiger partial charge on any atom is 0.277 e. The van der Waals surface area contributed by atoms with Gasteiger partial charge in [-0.15, -0.1) is 0 Å². The van der Waals surface area contributed by atoms with Gasteiger partial charge in [-0.1, -0.05) is 17.3 Å². The van der Waals surface area contributed by atoms with Crippen LogP contribution in [0.1, 0.15) is 12.8 Å². The molecule has 2 aromatic carbocycles. The second-order valence-electron chi connectivity index (χ2n) is 7.78. The van der Waals surface area contributed by atoms with E-state index in [1.54, 1.807) is 27.4 Å². The summed E-state index contributed by atoms with van der Waals surface area (Å²) in [6, 6.07) is 13.4. The molecule has 1 fully saturated rings. The van der Waals surface area contributed by atoms with E-state index < -0.39 is 0 Å². The SMILES string of the molecule is O=c1c2c(-c3noc(-c4ccc(F)cc4)n3)ncn2c2ccccc2n1CC1CCCO1. The summed E-state index contributed by atoms with van der Waals surface area (Å²) in [6.07, 6.45) is 3.51. The third kappa shape index (κ3) is 3.01. The predicted molar refractivity (Wildman–Crippen MR) is 115 cm³/mol. The molecular weight excluding hydrogens is 413 g/mol. The smallest absolute Gasteiger partial charge is 0.277 e. The molecule has 0 bridgehead atoms. The predicted octanol–water partition coefficient (Wildman–Crippen LogP) is 3.68. The molecule has 3 aromatic heterocycles. The molecule has 1 aliphatic rings. The zero-order chi connectivity index (χ0) is 21.7. The minimum absolute atomic E-state index is 0.000168. The Bertz CT molecular complexity index is 1500. The quantitative estimate of drug-likeness (QED) is 0.431. The summed E-state index contributed by atoms with van der Waals surface area (Å²) < 4.78 is 27.9. The summed E-state index contributed by atoms with van der Waals surface area (Å²) in [7, 11) is 0. The summed E-state index contributed by atoms with van der Waals surface area (Å²) in [5.41, 5.74) is 2.74. The highest BCUT2D eigenvalue weighted by Gasteiger charge is 2.23. The summed E-state index contributed by atoms with van der Waals surface area (Å²) in [5.74, 6) is 0.0664. The highest BCUT2D eigenvalue weighted by Crippen LogP contribution is 2.26. The normalized spacial score (nSPS) is 16.3. The van der Waals surface area contributed by atoms with Gasteiger partial charge in [0.05, 0.1) is 23.7 Å². The second-order valence-corrected chi connectivity index (χ2v) is 7.78. The van der Waals surface area contributed by atoms with Gasteiger partial charge in [-0.25, -0.2) is 9.37 Å². The van der Waals surface area contributed by atoms with E-state index in [1.165, 1.54) is 12.1 Å². The Hall–Kier alpha value is -3.85. The Labute approximate surface area is 180 Å². The van der Waals surface area contributed by atoms with Crippen molar-refractivity contribution in [3.05, 3.63) is 71.0 Å². The Morgan fingerprint density at radius 1 is 1.09 bits per heavy atom. The average Bonchev–Trinajstić information content (AvgIpc) is 3.58. The van der Waals surface area contributed by atoms with Crippen LogP contribution in [0.5, 0.6) is 0 Å². The monoisotopic (exact) mass is 431 g/mol. The van der Waals surface area contributed by atoms with Crippen LogP contribution >= 0.6 is 0 Å². The van der Waals surface area contributed by atoms with Gasteiger partial charge in [0.25, 0.3) is 11.4 Å². The first-order valence-corrected chi connectivity index (χ1v) is 10.4. The minimum Gasteiger partial charge on any atom is -0.376 e. The lowest BCUT2D eigenvalue weighted by atomic mass is 10.2. The number of ether oxygens (including phenoxy) is 1. The van der Waals surface area contributed by atoms with Gasteiger partial charge in [0.1, 0.15) is 23.4 Å². The lowest BCUT2D eigenvalue weighted by Crippen LogP contribution is -2.28. The minimum atomic E-state index is -0.354. The van der Waals surface area contributed by atoms with Crippen molar-refractivity contribution in [1.29, 1.82) is 0 Å². The number of imidazole rings is 1. The number of fused-ring (bicyclic) bond motifs is 3. The highest BCUT2D eigenvalue weighted by atomic mass is 19.1. The van der Waals surface area contributed by atoms with Crippen LogP contribution in [0.3, 0.4) is 0 Å². The fourth-order valence-electron chi connectivity index (χ4n) is 4.24. The molecular formula is C23H18FN5O3. The molecule has 5 aromatic rings. The molecule has 8 nitrogen and oxygen atoms in total. The van der Waals surface area contributed by atoms with Crippen LogP contribution in [0, 0.1) is 5.82 Å². The van der Waals surface area contributed by atoms with E-state index in [2.05, 4.69) is 15.1 Å². The zero-order valence-electron chi connectivity index (χ0n) is 16.9. The number of hydrogen-bond donors (Lipinski definition) is 0. The van der Waals surface area contributed by atoms with Gasteiger partial charge >= 0.3 is 0 Å². The zero-order valence-corrected chi connectivity index (χ0v) is 16.9. The molecule has 1 unspecified atom stereocenters. The fourth-order valence-corrected chi connectivity index (χ4v) is 4.24. The van der Waals surface area contributed by atoms with Crippen LogP contribution in [-0.4, -0.2) is 36.8 Å². The number of aromatic nitrogens is 5. The van der Waals surface area contributed by atoms with Gasteiger partial charge in [0.2, 0.25) is 5.82 Å². The molecule has 0 amide bonds. The van der Waals surface area contributed by atoms with Crippen molar-refractivity contribution in [1.82, 2.24) is 24.1 Å². The van der Waals surface area contributed by atoms with Crippen molar-refractivity contribution in [3.63, 3.8) is 0 Å². The average molecular weight is 431 g/mol. The van der Waals surface area contributed by atoms with Crippen LogP contribution in [0.15, 0.2) is 64.2 Å². The Balaban J connectivity index is 1.52. The van der Waals surface area contributed by atoms with E-state index in [4.69, 9.17) is 9.26 Å². The molecule has 4 heterocycles. The van der Waals surface area contributed by atoms with Gasteiger partial charge in [-0.2, -0.15) is 4.98 Å². The van der Waals surface area contributed by atoms with Crippen LogP contribution < -0.4 is 5.56 Å². The second kappa shape index (κ2) is 7.38. The maximum absolute atomic E-state index is 13.6. The van der Waals surface area contributed by atoms with Crippen molar-refractivity contribution < 1.29 is 13.7 Å². The van der Waals surface area contributed by atoms with E-state index in [9.17, 15) is 9.18 Å². The van der Waals surface area contributed by atoms with E-state index in [1.807, 2.05) is 24.3 Å². The molecule has 9 heteroatoms. The van der Waals surface area contributed by atoms with Crippen molar-refractivity contribution in [3.8, 4) is 23.0 Å². The third-order valence-electron chi connectivity index (χ3n) is 5.79. The molecule has 1 atom stereocenters. The van der Waals surface area contributed by atoms with E-state index in [0.29, 0.717) is 29.9 Å². The van der Waals surface area contributed by atoms with Crippen LogP contribution in [0.25, 0.3) is 39.5 Å². The van der Waals surface area contributed by atoms with Gasteiger partial charge in [0.15, 0.2) is 0 Å². The van der Waals surface area contributed by atoms with Crippen LogP contribution in [-0.2, 0) is 11.3 Å². The molecule has 0 radical (unpaired) electrons. The lowest BCUT2D eigenvalue weighted by Gasteiger charge is -2.16. The van der Waals surface area contributed by atoms with Crippen molar-refractivity contribution in [2.75, 3.05) is 6.61 Å². The van der Waals surface area contributed by atoms with E-state index in [-0.39, 0.29) is 29.2 Å². The number of nitrogens with zero attached hydrogens (tertiary/aromatic N) is 5. The fraction of sp³-hybridized carbons (Fsp3) is 0.217. The van der Waals surface area contributed by atoms with E-state index in [0.717, 1.165) is 23.9 Å². The standard InChI is InChI=1S/C23H18FN5O3/c24-15-9-7-14(8-10-15)22-26-21(27-32-22)19-20-23(30)28(12-16-4-3-11-31-16)17-5-1-2-6-18(17)29(20)13-25-19/h1-2,5-10,13,16H,3-4,11-12H2. The van der Waals surface area contributed by atoms with Crippen molar-refractivity contribution in [2.24, 2.45) is 0 Å². The molecule has 160 valence electrons. The maximum atomic E-state index is 13.6. The third-order valence-corrected chi connectivity index (χ3v) is 5.79. The first kappa shape index (κ1) is 18.9. The van der Waals surface area contributed by atoms with Gasteiger partial charge < -0.3 is 13.8 Å².